The molecule has 8 heteroatoms. The summed E-state index contributed by atoms with van der Waals surface area (Å²) in [5, 5.41) is 12.2. The summed E-state index contributed by atoms with van der Waals surface area (Å²) in [5.41, 5.74) is 1.61. The van der Waals surface area contributed by atoms with Gasteiger partial charge in [-0.25, -0.2) is 5.10 Å². The molecule has 3 aromatic rings. The number of benzene rings is 1. The van der Waals surface area contributed by atoms with Gasteiger partial charge in [0.1, 0.15) is 0 Å². The molecule has 0 aliphatic heterocycles. The molecular formula is C14H9Cl2N5S. The van der Waals surface area contributed by atoms with Crippen molar-refractivity contribution in [3.8, 4) is 11.4 Å². The Hall–Kier alpha value is -2.02. The van der Waals surface area contributed by atoms with Gasteiger partial charge in [-0.15, -0.1) is 0 Å². The number of rotatable bonds is 3. The lowest BCUT2D eigenvalue weighted by molar-refractivity contribution is 0.871. The van der Waals surface area contributed by atoms with Crippen LogP contribution in [0.2, 0.25) is 10.0 Å². The zero-order chi connectivity index (χ0) is 15.5. The maximum absolute atomic E-state index is 5.99. The summed E-state index contributed by atoms with van der Waals surface area (Å²) in [6.45, 7) is 0. The Kier molecular flexibility index (Phi) is 4.33. The van der Waals surface area contributed by atoms with E-state index in [1.54, 1.807) is 30.7 Å². The number of hydrogen-bond donors (Lipinski definition) is 1. The van der Waals surface area contributed by atoms with Crippen molar-refractivity contribution in [2.24, 2.45) is 5.10 Å². The molecule has 0 saturated carbocycles. The van der Waals surface area contributed by atoms with Crippen LogP contribution >= 0.6 is 35.4 Å². The second-order valence-corrected chi connectivity index (χ2v) is 5.53. The first-order valence-electron chi connectivity index (χ1n) is 6.22. The maximum Gasteiger partial charge on any atom is 0.216 e. The Morgan fingerprint density at radius 2 is 2.09 bits per heavy atom. The van der Waals surface area contributed by atoms with Gasteiger partial charge >= 0.3 is 0 Å². The molecular weight excluding hydrogens is 341 g/mol. The van der Waals surface area contributed by atoms with Crippen LogP contribution in [-0.2, 0) is 0 Å². The van der Waals surface area contributed by atoms with Crippen LogP contribution in [0.25, 0.3) is 11.4 Å². The van der Waals surface area contributed by atoms with Gasteiger partial charge in [-0.1, -0.05) is 29.3 Å². The molecule has 3 rings (SSSR count). The zero-order valence-electron chi connectivity index (χ0n) is 11.1. The van der Waals surface area contributed by atoms with E-state index in [2.05, 4.69) is 20.3 Å². The number of nitrogens with zero attached hydrogens (tertiary/aromatic N) is 4. The first-order valence-corrected chi connectivity index (χ1v) is 7.39. The SMILES string of the molecule is S=c1[nH]nc(-c2cccnc2)n1/N=C/c1ccc(Cl)c(Cl)c1. The van der Waals surface area contributed by atoms with Crippen molar-refractivity contribution in [2.45, 2.75) is 0 Å². The highest BCUT2D eigenvalue weighted by Crippen LogP contribution is 2.22. The molecule has 1 N–H and O–H groups in total. The third-order valence-corrected chi connectivity index (χ3v) is 3.84. The standard InChI is InChI=1S/C14H9Cl2N5S/c15-11-4-3-9(6-12(11)16)7-18-21-13(19-20-14(21)22)10-2-1-5-17-8-10/h1-8H,(H,20,22)/b18-7+. The van der Waals surface area contributed by atoms with Crippen LogP contribution in [0.4, 0.5) is 0 Å². The van der Waals surface area contributed by atoms with E-state index in [0.717, 1.165) is 11.1 Å². The fraction of sp³-hybridized carbons (Fsp3) is 0. The lowest BCUT2D eigenvalue weighted by Crippen LogP contribution is -1.95. The van der Waals surface area contributed by atoms with Crippen LogP contribution in [0.15, 0.2) is 47.8 Å². The molecule has 110 valence electrons. The third kappa shape index (κ3) is 3.09. The van der Waals surface area contributed by atoms with Crippen molar-refractivity contribution in [1.82, 2.24) is 19.9 Å². The summed E-state index contributed by atoms with van der Waals surface area (Å²) >= 11 is 17.1. The molecule has 5 nitrogen and oxygen atoms in total. The minimum Gasteiger partial charge on any atom is -0.264 e. The van der Waals surface area contributed by atoms with Crippen LogP contribution in [0.3, 0.4) is 0 Å². The average molecular weight is 350 g/mol. The Labute approximate surface area is 141 Å². The molecule has 0 aliphatic carbocycles. The van der Waals surface area contributed by atoms with E-state index in [9.17, 15) is 0 Å². The summed E-state index contributed by atoms with van der Waals surface area (Å²) in [6, 6.07) is 8.94. The van der Waals surface area contributed by atoms with Gasteiger partial charge in [0, 0.05) is 18.0 Å². The summed E-state index contributed by atoms with van der Waals surface area (Å²) in [6.07, 6.45) is 5.01. The molecule has 0 amide bonds. The highest BCUT2D eigenvalue weighted by molar-refractivity contribution is 7.71. The fourth-order valence-corrected chi connectivity index (χ4v) is 2.28. The van der Waals surface area contributed by atoms with Crippen LogP contribution in [0.1, 0.15) is 5.56 Å². The number of nitrogens with one attached hydrogen (secondary N) is 1. The molecule has 2 aromatic heterocycles. The van der Waals surface area contributed by atoms with E-state index in [1.807, 2.05) is 18.2 Å². The maximum atomic E-state index is 5.99. The minimum atomic E-state index is 0.384. The highest BCUT2D eigenvalue weighted by Gasteiger charge is 2.07. The molecule has 0 radical (unpaired) electrons. The van der Waals surface area contributed by atoms with Crippen LogP contribution in [0, 0.1) is 4.77 Å². The number of hydrogen-bond acceptors (Lipinski definition) is 4. The number of halogens is 2. The van der Waals surface area contributed by atoms with Gasteiger partial charge in [-0.05, 0) is 42.0 Å². The fourth-order valence-electron chi connectivity index (χ4n) is 1.80. The Bertz CT molecular complexity index is 886. The molecule has 0 unspecified atom stereocenters. The first-order chi connectivity index (χ1) is 10.6. The average Bonchev–Trinajstić information content (AvgIpc) is 2.90. The largest absolute Gasteiger partial charge is 0.264 e. The number of pyridine rings is 1. The summed E-state index contributed by atoms with van der Waals surface area (Å²) in [4.78, 5) is 4.07. The Balaban J connectivity index is 1.99. The van der Waals surface area contributed by atoms with Crippen LogP contribution in [-0.4, -0.2) is 26.1 Å². The van der Waals surface area contributed by atoms with Gasteiger partial charge in [0.2, 0.25) is 4.77 Å². The van der Waals surface area contributed by atoms with Crippen LogP contribution < -0.4 is 0 Å². The Morgan fingerprint density at radius 3 is 2.82 bits per heavy atom. The normalized spacial score (nSPS) is 11.2. The van der Waals surface area contributed by atoms with Crippen molar-refractivity contribution in [3.05, 3.63) is 63.1 Å². The number of aromatic amines is 1. The summed E-state index contributed by atoms with van der Waals surface area (Å²) in [7, 11) is 0. The lowest BCUT2D eigenvalue weighted by Gasteiger charge is -2.00. The van der Waals surface area contributed by atoms with E-state index in [-0.39, 0.29) is 0 Å². The van der Waals surface area contributed by atoms with E-state index >= 15 is 0 Å². The molecule has 0 spiro atoms. The van der Waals surface area contributed by atoms with E-state index < -0.39 is 0 Å². The van der Waals surface area contributed by atoms with Gasteiger partial charge in [0.05, 0.1) is 16.3 Å². The summed E-state index contributed by atoms with van der Waals surface area (Å²) < 4.78 is 1.91. The molecule has 22 heavy (non-hydrogen) atoms. The third-order valence-electron chi connectivity index (χ3n) is 2.84. The predicted molar refractivity (Wildman–Crippen MR) is 90.1 cm³/mol. The van der Waals surface area contributed by atoms with E-state index in [1.165, 1.54) is 4.68 Å². The van der Waals surface area contributed by atoms with Crippen molar-refractivity contribution >= 4 is 41.6 Å². The van der Waals surface area contributed by atoms with Crippen LogP contribution in [0.5, 0.6) is 0 Å². The molecule has 0 atom stereocenters. The lowest BCUT2D eigenvalue weighted by atomic mass is 10.2. The molecule has 0 fully saturated rings. The number of aromatic nitrogens is 4. The van der Waals surface area contributed by atoms with Gasteiger partial charge in [-0.3, -0.25) is 4.98 Å². The topological polar surface area (TPSA) is 58.9 Å². The smallest absolute Gasteiger partial charge is 0.216 e. The van der Waals surface area contributed by atoms with Gasteiger partial charge in [0.25, 0.3) is 0 Å². The summed E-state index contributed by atoms with van der Waals surface area (Å²) in [5.74, 6) is 0.578. The monoisotopic (exact) mass is 349 g/mol. The highest BCUT2D eigenvalue weighted by atomic mass is 35.5. The van der Waals surface area contributed by atoms with Gasteiger partial charge < -0.3 is 0 Å². The van der Waals surface area contributed by atoms with Gasteiger partial charge in [-0.2, -0.15) is 14.9 Å². The Morgan fingerprint density at radius 1 is 1.23 bits per heavy atom. The quantitative estimate of drug-likeness (QED) is 0.569. The van der Waals surface area contributed by atoms with Crippen molar-refractivity contribution in [1.29, 1.82) is 0 Å². The van der Waals surface area contributed by atoms with E-state index in [0.29, 0.717) is 20.6 Å². The molecule has 0 aliphatic rings. The van der Waals surface area contributed by atoms with Gasteiger partial charge in [0.15, 0.2) is 5.82 Å². The van der Waals surface area contributed by atoms with E-state index in [4.69, 9.17) is 35.4 Å². The van der Waals surface area contributed by atoms with Crippen molar-refractivity contribution in [3.63, 3.8) is 0 Å². The molecule has 1 aromatic carbocycles. The number of H-pyrrole nitrogens is 1. The molecule has 0 saturated heterocycles. The second-order valence-electron chi connectivity index (χ2n) is 4.32. The second kappa shape index (κ2) is 6.39. The van der Waals surface area contributed by atoms with Crippen molar-refractivity contribution in [2.75, 3.05) is 0 Å². The predicted octanol–water partition coefficient (Wildman–Crippen LogP) is 4.19. The van der Waals surface area contributed by atoms with Crippen molar-refractivity contribution < 1.29 is 0 Å². The molecule has 0 bridgehead atoms. The molecule has 2 heterocycles. The first kappa shape index (κ1) is 14.9. The zero-order valence-corrected chi connectivity index (χ0v) is 13.4. The minimum absolute atomic E-state index is 0.384.